The maximum atomic E-state index is 14.5. The van der Waals surface area contributed by atoms with Gasteiger partial charge >= 0.3 is 0 Å². The molecule has 0 unspecified atom stereocenters. The number of fused-ring (bicyclic) bond motifs is 1. The summed E-state index contributed by atoms with van der Waals surface area (Å²) in [5, 5.41) is 18.6. The SMILES string of the molecule is COCCN(C)CCOc1ccc(CN(CCO)c2cccc(OC)c2)cc1F.Oc1ccc2c(c1)CCCC2. The van der Waals surface area contributed by atoms with Crippen LogP contribution in [-0.2, 0) is 24.1 Å². The number of anilines is 1. The standard InChI is InChI=1S/C22H31FN2O4.C10H12O/c1-24(10-13-27-2)11-14-29-22-8-7-18(15-21(22)23)17-25(9-12-26)19-5-4-6-20(16-19)28-3;11-10-6-5-8-3-1-2-4-9(8)7-10/h4-8,15-16,26H,9-14,17H2,1-3H3;5-7,11H,1-4H2. The van der Waals surface area contributed by atoms with Crippen LogP contribution in [0.5, 0.6) is 17.2 Å². The maximum Gasteiger partial charge on any atom is 0.165 e. The zero-order valence-electron chi connectivity index (χ0n) is 23.9. The zero-order chi connectivity index (χ0) is 28.7. The van der Waals surface area contributed by atoms with Crippen molar-refractivity contribution in [2.24, 2.45) is 0 Å². The third kappa shape index (κ3) is 10.0. The lowest BCUT2D eigenvalue weighted by atomic mass is 9.92. The Morgan fingerprint density at radius 3 is 2.38 bits per heavy atom. The van der Waals surface area contributed by atoms with Crippen molar-refractivity contribution in [3.63, 3.8) is 0 Å². The van der Waals surface area contributed by atoms with Crippen LogP contribution in [0.1, 0.15) is 29.5 Å². The summed E-state index contributed by atoms with van der Waals surface area (Å²) in [5.74, 6) is 0.988. The summed E-state index contributed by atoms with van der Waals surface area (Å²) in [6.45, 7) is 3.42. The van der Waals surface area contributed by atoms with Crippen molar-refractivity contribution in [1.29, 1.82) is 0 Å². The number of phenolic OH excluding ortho intramolecular Hbond substituents is 1. The van der Waals surface area contributed by atoms with Crippen LogP contribution in [-0.4, -0.2) is 75.8 Å². The Morgan fingerprint density at radius 2 is 1.65 bits per heavy atom. The van der Waals surface area contributed by atoms with Crippen LogP contribution >= 0.6 is 0 Å². The van der Waals surface area contributed by atoms with E-state index < -0.39 is 5.82 Å². The quantitative estimate of drug-likeness (QED) is 0.306. The van der Waals surface area contributed by atoms with E-state index in [1.54, 1.807) is 26.4 Å². The monoisotopic (exact) mass is 554 g/mol. The van der Waals surface area contributed by atoms with Gasteiger partial charge in [-0.15, -0.1) is 0 Å². The predicted octanol–water partition coefficient (Wildman–Crippen LogP) is 5.06. The number of aliphatic hydroxyl groups excluding tert-OH is 1. The molecule has 0 fully saturated rings. The summed E-state index contributed by atoms with van der Waals surface area (Å²) >= 11 is 0. The van der Waals surface area contributed by atoms with Crippen molar-refractivity contribution in [1.82, 2.24) is 4.90 Å². The number of hydrogen-bond acceptors (Lipinski definition) is 7. The number of halogens is 1. The number of ether oxygens (including phenoxy) is 3. The Hall–Kier alpha value is -3.33. The first-order chi connectivity index (χ1) is 19.4. The molecule has 1 aliphatic rings. The molecule has 0 radical (unpaired) electrons. The molecule has 7 nitrogen and oxygen atoms in total. The Morgan fingerprint density at radius 1 is 0.875 bits per heavy atom. The van der Waals surface area contributed by atoms with Crippen LogP contribution in [0, 0.1) is 5.82 Å². The number of aromatic hydroxyl groups is 1. The van der Waals surface area contributed by atoms with E-state index in [2.05, 4.69) is 4.90 Å². The van der Waals surface area contributed by atoms with E-state index in [1.165, 1.54) is 36.5 Å². The molecule has 4 rings (SSSR count). The first kappa shape index (κ1) is 31.2. The summed E-state index contributed by atoms with van der Waals surface area (Å²) in [4.78, 5) is 4.04. The third-order valence-corrected chi connectivity index (χ3v) is 6.90. The van der Waals surface area contributed by atoms with Crippen LogP contribution in [0.25, 0.3) is 0 Å². The van der Waals surface area contributed by atoms with Crippen molar-refractivity contribution in [2.75, 3.05) is 65.6 Å². The van der Waals surface area contributed by atoms with E-state index in [1.807, 2.05) is 54.4 Å². The predicted molar refractivity (Wildman–Crippen MR) is 157 cm³/mol. The average Bonchev–Trinajstić information content (AvgIpc) is 2.97. The molecule has 1 aliphatic carbocycles. The molecule has 0 saturated heterocycles. The van der Waals surface area contributed by atoms with Gasteiger partial charge in [-0.2, -0.15) is 0 Å². The van der Waals surface area contributed by atoms with Crippen molar-refractivity contribution in [3.05, 3.63) is 83.2 Å². The Bertz CT molecular complexity index is 1180. The number of nitrogens with zero attached hydrogens (tertiary/aromatic N) is 2. The third-order valence-electron chi connectivity index (χ3n) is 6.90. The van der Waals surface area contributed by atoms with Gasteiger partial charge in [0, 0.05) is 45.0 Å². The number of phenols is 1. The van der Waals surface area contributed by atoms with Crippen LogP contribution in [0.15, 0.2) is 60.7 Å². The molecule has 3 aromatic carbocycles. The summed E-state index contributed by atoms with van der Waals surface area (Å²) in [6, 6.07) is 18.3. The summed E-state index contributed by atoms with van der Waals surface area (Å²) in [7, 11) is 5.24. The number of hydrogen-bond donors (Lipinski definition) is 2. The molecule has 8 heteroatoms. The van der Waals surface area contributed by atoms with Gasteiger partial charge in [0.15, 0.2) is 11.6 Å². The highest BCUT2D eigenvalue weighted by atomic mass is 19.1. The van der Waals surface area contributed by atoms with Crippen LogP contribution in [0.2, 0.25) is 0 Å². The van der Waals surface area contributed by atoms with E-state index in [0.29, 0.717) is 38.6 Å². The molecule has 0 atom stereocenters. The fraction of sp³-hybridized carbons (Fsp3) is 0.438. The van der Waals surface area contributed by atoms with E-state index in [4.69, 9.17) is 14.2 Å². The second kappa shape index (κ2) is 16.7. The minimum Gasteiger partial charge on any atom is -0.508 e. The highest BCUT2D eigenvalue weighted by Crippen LogP contribution is 2.25. The van der Waals surface area contributed by atoms with Gasteiger partial charge in [-0.05, 0) is 85.8 Å². The molecule has 0 heterocycles. The normalized spacial score (nSPS) is 12.3. The number of aryl methyl sites for hydroxylation is 2. The largest absolute Gasteiger partial charge is 0.508 e. The number of benzene rings is 3. The van der Waals surface area contributed by atoms with Gasteiger partial charge < -0.3 is 34.2 Å². The van der Waals surface area contributed by atoms with Crippen LogP contribution < -0.4 is 14.4 Å². The molecule has 0 bridgehead atoms. The molecular formula is C32H43FN2O5. The second-order valence-corrected chi connectivity index (χ2v) is 9.92. The molecule has 0 spiro atoms. The van der Waals surface area contributed by atoms with Crippen LogP contribution in [0.4, 0.5) is 10.1 Å². The van der Waals surface area contributed by atoms with Crippen molar-refractivity contribution in [2.45, 2.75) is 32.2 Å². The van der Waals surface area contributed by atoms with Crippen LogP contribution in [0.3, 0.4) is 0 Å². The average molecular weight is 555 g/mol. The first-order valence-corrected chi connectivity index (χ1v) is 13.8. The van der Waals surface area contributed by atoms with E-state index in [0.717, 1.165) is 30.0 Å². The minimum atomic E-state index is -0.392. The van der Waals surface area contributed by atoms with Gasteiger partial charge in [-0.25, -0.2) is 4.39 Å². The summed E-state index contributed by atoms with van der Waals surface area (Å²) in [5.41, 5.74) is 4.46. The molecule has 0 amide bonds. The van der Waals surface area contributed by atoms with Gasteiger partial charge in [-0.1, -0.05) is 18.2 Å². The van der Waals surface area contributed by atoms with Gasteiger partial charge in [-0.3, -0.25) is 0 Å². The minimum absolute atomic E-state index is 0.00250. The fourth-order valence-corrected chi connectivity index (χ4v) is 4.60. The molecule has 0 aliphatic heterocycles. The second-order valence-electron chi connectivity index (χ2n) is 9.92. The maximum absolute atomic E-state index is 14.5. The molecule has 3 aromatic rings. The van der Waals surface area contributed by atoms with Gasteiger partial charge in [0.2, 0.25) is 0 Å². The van der Waals surface area contributed by atoms with E-state index in [-0.39, 0.29) is 12.4 Å². The molecular weight excluding hydrogens is 511 g/mol. The summed E-state index contributed by atoms with van der Waals surface area (Å²) < 4.78 is 30.4. The van der Waals surface area contributed by atoms with Crippen molar-refractivity contribution < 1.29 is 28.8 Å². The number of rotatable bonds is 13. The number of methoxy groups -OCH3 is 2. The van der Waals surface area contributed by atoms with Crippen molar-refractivity contribution >= 4 is 5.69 Å². The molecule has 0 saturated carbocycles. The molecule has 218 valence electrons. The summed E-state index contributed by atoms with van der Waals surface area (Å²) in [6.07, 6.45) is 4.91. The van der Waals surface area contributed by atoms with Gasteiger partial charge in [0.25, 0.3) is 0 Å². The topological polar surface area (TPSA) is 74.6 Å². The lowest BCUT2D eigenvalue weighted by Gasteiger charge is -2.24. The molecule has 2 N–H and O–H groups in total. The highest BCUT2D eigenvalue weighted by molar-refractivity contribution is 5.51. The van der Waals surface area contributed by atoms with E-state index in [9.17, 15) is 14.6 Å². The number of aliphatic hydroxyl groups is 1. The smallest absolute Gasteiger partial charge is 0.165 e. The van der Waals surface area contributed by atoms with Crippen molar-refractivity contribution in [3.8, 4) is 17.2 Å². The van der Waals surface area contributed by atoms with Gasteiger partial charge in [0.1, 0.15) is 18.1 Å². The lowest BCUT2D eigenvalue weighted by molar-refractivity contribution is 0.149. The molecule has 0 aromatic heterocycles. The molecule has 40 heavy (non-hydrogen) atoms. The first-order valence-electron chi connectivity index (χ1n) is 13.8. The number of likely N-dealkylation sites (N-methyl/N-ethyl adjacent to an activating group) is 1. The van der Waals surface area contributed by atoms with Gasteiger partial charge in [0.05, 0.1) is 20.3 Å². The highest BCUT2D eigenvalue weighted by Gasteiger charge is 2.12. The lowest BCUT2D eigenvalue weighted by Crippen LogP contribution is -2.27. The fourth-order valence-electron chi connectivity index (χ4n) is 4.60. The zero-order valence-corrected chi connectivity index (χ0v) is 23.9. The Kier molecular flexibility index (Phi) is 13.0. The Labute approximate surface area is 237 Å². The van der Waals surface area contributed by atoms with E-state index >= 15 is 0 Å². The Balaban J connectivity index is 0.000000330.